The Morgan fingerprint density at radius 2 is 1.69 bits per heavy atom. The molecule has 0 aliphatic carbocycles. The van der Waals surface area contributed by atoms with Crippen LogP contribution in [0.5, 0.6) is 0 Å². The SMILES string of the molecule is O=C(Cn1c(=O)oc2ccccc21)N1c2ccccc2SC[C@@H]1c1ccccc1. The lowest BCUT2D eigenvalue weighted by molar-refractivity contribution is -0.119. The van der Waals surface area contributed by atoms with Crippen LogP contribution in [0.15, 0.2) is 93.0 Å². The number of nitrogens with zero attached hydrogens (tertiary/aromatic N) is 2. The van der Waals surface area contributed by atoms with Gasteiger partial charge in [-0.1, -0.05) is 54.6 Å². The van der Waals surface area contributed by atoms with Gasteiger partial charge in [0.15, 0.2) is 5.58 Å². The van der Waals surface area contributed by atoms with Gasteiger partial charge in [-0.25, -0.2) is 4.79 Å². The highest BCUT2D eigenvalue weighted by molar-refractivity contribution is 7.99. The van der Waals surface area contributed by atoms with Gasteiger partial charge in [0.25, 0.3) is 0 Å². The van der Waals surface area contributed by atoms with Crippen LogP contribution in [0.1, 0.15) is 11.6 Å². The highest BCUT2D eigenvalue weighted by atomic mass is 32.2. The van der Waals surface area contributed by atoms with E-state index in [4.69, 9.17) is 4.42 Å². The second kappa shape index (κ2) is 7.29. The maximum atomic E-state index is 13.5. The molecule has 5 rings (SSSR count). The predicted molar refractivity (Wildman–Crippen MR) is 114 cm³/mol. The molecule has 1 aromatic heterocycles. The minimum absolute atomic E-state index is 0.0712. The highest BCUT2D eigenvalue weighted by Crippen LogP contribution is 2.43. The molecule has 0 saturated carbocycles. The summed E-state index contributed by atoms with van der Waals surface area (Å²) >= 11 is 1.75. The average Bonchev–Trinajstić information content (AvgIpc) is 3.08. The zero-order valence-electron chi connectivity index (χ0n) is 15.5. The van der Waals surface area contributed by atoms with Crippen molar-refractivity contribution in [2.24, 2.45) is 0 Å². The Kier molecular flexibility index (Phi) is 4.48. The Hall–Kier alpha value is -3.25. The van der Waals surface area contributed by atoms with Crippen molar-refractivity contribution in [3.05, 3.63) is 95.0 Å². The summed E-state index contributed by atoms with van der Waals surface area (Å²) in [7, 11) is 0. The number of hydrogen-bond acceptors (Lipinski definition) is 4. The van der Waals surface area contributed by atoms with E-state index >= 15 is 0 Å². The molecule has 1 atom stereocenters. The molecule has 1 aliphatic rings. The summed E-state index contributed by atoms with van der Waals surface area (Å²) in [5, 5.41) is 0. The van der Waals surface area contributed by atoms with Crippen LogP contribution in [0, 0.1) is 0 Å². The van der Waals surface area contributed by atoms with Gasteiger partial charge in [-0.15, -0.1) is 11.8 Å². The number of fused-ring (bicyclic) bond motifs is 2. The normalized spacial score (nSPS) is 16.0. The largest absolute Gasteiger partial charge is 0.420 e. The monoisotopic (exact) mass is 402 g/mol. The molecule has 144 valence electrons. The minimum Gasteiger partial charge on any atom is -0.408 e. The molecule has 0 saturated heterocycles. The van der Waals surface area contributed by atoms with Gasteiger partial charge in [0.2, 0.25) is 5.91 Å². The Labute approximate surface area is 171 Å². The smallest absolute Gasteiger partial charge is 0.408 e. The van der Waals surface area contributed by atoms with E-state index in [-0.39, 0.29) is 18.5 Å². The van der Waals surface area contributed by atoms with E-state index in [0.717, 1.165) is 21.9 Å². The number of thioether (sulfide) groups is 1. The number of rotatable bonds is 3. The standard InChI is InChI=1S/C23H18N2O3S/c26-22(14-24-17-10-4-6-12-20(17)28-23(24)27)25-18-11-5-7-13-21(18)29-15-19(25)16-8-2-1-3-9-16/h1-13,19H,14-15H2/t19-/m1/s1. The zero-order valence-corrected chi connectivity index (χ0v) is 16.3. The molecule has 0 unspecified atom stereocenters. The zero-order chi connectivity index (χ0) is 19.8. The number of benzene rings is 3. The summed E-state index contributed by atoms with van der Waals surface area (Å²) in [6, 6.07) is 25.0. The summed E-state index contributed by atoms with van der Waals surface area (Å²) in [6.07, 6.45) is 0. The molecule has 6 heteroatoms. The first-order valence-electron chi connectivity index (χ1n) is 9.39. The second-order valence-electron chi connectivity index (χ2n) is 6.89. The third-order valence-corrected chi connectivity index (χ3v) is 6.29. The fraction of sp³-hybridized carbons (Fsp3) is 0.130. The lowest BCUT2D eigenvalue weighted by Gasteiger charge is -2.37. The van der Waals surface area contributed by atoms with E-state index in [9.17, 15) is 9.59 Å². The van der Waals surface area contributed by atoms with E-state index < -0.39 is 5.76 Å². The van der Waals surface area contributed by atoms with Crippen LogP contribution in [-0.2, 0) is 11.3 Å². The molecule has 0 fully saturated rings. The number of carbonyl (C=O) groups excluding carboxylic acids is 1. The van der Waals surface area contributed by atoms with Crippen molar-refractivity contribution in [1.82, 2.24) is 4.57 Å². The number of para-hydroxylation sites is 3. The number of carbonyl (C=O) groups is 1. The van der Waals surface area contributed by atoms with Crippen molar-refractivity contribution in [2.45, 2.75) is 17.5 Å². The van der Waals surface area contributed by atoms with Gasteiger partial charge >= 0.3 is 5.76 Å². The fourth-order valence-corrected chi connectivity index (χ4v) is 4.96. The molecule has 29 heavy (non-hydrogen) atoms. The number of hydrogen-bond donors (Lipinski definition) is 0. The van der Waals surface area contributed by atoms with Crippen LogP contribution in [-0.4, -0.2) is 16.2 Å². The number of aromatic nitrogens is 1. The summed E-state index contributed by atoms with van der Waals surface area (Å²) in [6.45, 7) is -0.0712. The van der Waals surface area contributed by atoms with Crippen molar-refractivity contribution < 1.29 is 9.21 Å². The van der Waals surface area contributed by atoms with Gasteiger partial charge in [0.1, 0.15) is 6.54 Å². The number of oxazole rings is 1. The van der Waals surface area contributed by atoms with E-state index in [1.54, 1.807) is 30.0 Å². The second-order valence-corrected chi connectivity index (χ2v) is 7.95. The van der Waals surface area contributed by atoms with Crippen molar-refractivity contribution >= 4 is 34.5 Å². The molecule has 1 aliphatic heterocycles. The first kappa shape index (κ1) is 17.8. The van der Waals surface area contributed by atoms with Crippen LogP contribution in [0.3, 0.4) is 0 Å². The minimum atomic E-state index is -0.518. The van der Waals surface area contributed by atoms with Gasteiger partial charge in [0, 0.05) is 10.6 Å². The highest BCUT2D eigenvalue weighted by Gasteiger charge is 2.33. The Bertz CT molecular complexity index is 1250. The maximum Gasteiger partial charge on any atom is 0.420 e. The molecular weight excluding hydrogens is 384 g/mol. The molecule has 0 radical (unpaired) electrons. The van der Waals surface area contributed by atoms with Crippen LogP contribution < -0.4 is 10.7 Å². The van der Waals surface area contributed by atoms with Crippen molar-refractivity contribution in [3.8, 4) is 0 Å². The van der Waals surface area contributed by atoms with Gasteiger partial charge in [0.05, 0.1) is 17.2 Å². The van der Waals surface area contributed by atoms with Crippen LogP contribution >= 0.6 is 11.8 Å². The summed E-state index contributed by atoms with van der Waals surface area (Å²) < 4.78 is 6.71. The van der Waals surface area contributed by atoms with Gasteiger partial charge in [-0.05, 0) is 29.8 Å². The molecule has 2 heterocycles. The summed E-state index contributed by atoms with van der Waals surface area (Å²) in [5.41, 5.74) is 3.07. The molecule has 0 N–H and O–H groups in total. The lowest BCUT2D eigenvalue weighted by atomic mass is 10.1. The van der Waals surface area contributed by atoms with Crippen molar-refractivity contribution in [3.63, 3.8) is 0 Å². The molecule has 0 spiro atoms. The van der Waals surface area contributed by atoms with E-state index in [2.05, 4.69) is 0 Å². The lowest BCUT2D eigenvalue weighted by Crippen LogP contribution is -2.41. The molecule has 0 bridgehead atoms. The first-order chi connectivity index (χ1) is 14.2. The Morgan fingerprint density at radius 1 is 0.966 bits per heavy atom. The quantitative estimate of drug-likeness (QED) is 0.507. The van der Waals surface area contributed by atoms with E-state index in [0.29, 0.717) is 11.1 Å². The van der Waals surface area contributed by atoms with Crippen LogP contribution in [0.4, 0.5) is 5.69 Å². The topological polar surface area (TPSA) is 55.5 Å². The van der Waals surface area contributed by atoms with Crippen LogP contribution in [0.25, 0.3) is 11.1 Å². The average molecular weight is 402 g/mol. The summed E-state index contributed by atoms with van der Waals surface area (Å²) in [4.78, 5) is 28.8. The molecule has 5 nitrogen and oxygen atoms in total. The number of anilines is 1. The predicted octanol–water partition coefficient (Wildman–Crippen LogP) is 4.47. The van der Waals surface area contributed by atoms with E-state index in [1.807, 2.05) is 65.6 Å². The molecule has 4 aromatic rings. The molecule has 3 aromatic carbocycles. The van der Waals surface area contributed by atoms with E-state index in [1.165, 1.54) is 4.57 Å². The number of amides is 1. The van der Waals surface area contributed by atoms with Crippen molar-refractivity contribution in [1.29, 1.82) is 0 Å². The first-order valence-corrected chi connectivity index (χ1v) is 10.4. The maximum absolute atomic E-state index is 13.5. The van der Waals surface area contributed by atoms with Crippen LogP contribution in [0.2, 0.25) is 0 Å². The Morgan fingerprint density at radius 3 is 2.55 bits per heavy atom. The Balaban J connectivity index is 1.57. The molecule has 1 amide bonds. The van der Waals surface area contributed by atoms with Gasteiger partial charge < -0.3 is 9.32 Å². The van der Waals surface area contributed by atoms with Gasteiger partial charge in [-0.2, -0.15) is 0 Å². The van der Waals surface area contributed by atoms with Gasteiger partial charge in [-0.3, -0.25) is 9.36 Å². The fourth-order valence-electron chi connectivity index (χ4n) is 3.79. The van der Waals surface area contributed by atoms with Crippen molar-refractivity contribution in [2.75, 3.05) is 10.7 Å². The molecular formula is C23H18N2O3S. The third-order valence-electron chi connectivity index (χ3n) is 5.15. The third kappa shape index (κ3) is 3.15. The summed E-state index contributed by atoms with van der Waals surface area (Å²) in [5.74, 6) is 0.101.